The molecule has 0 aromatic carbocycles. The molecule has 3 aliphatic carbocycles. The minimum absolute atomic E-state index is 0.110. The number of carbonyl (C=O) groups is 2. The lowest BCUT2D eigenvalue weighted by atomic mass is 9.77. The maximum absolute atomic E-state index is 11.7. The van der Waals surface area contributed by atoms with Crippen molar-refractivity contribution in [1.29, 1.82) is 0 Å². The molecule has 4 bridgehead atoms. The van der Waals surface area contributed by atoms with E-state index >= 15 is 0 Å². The summed E-state index contributed by atoms with van der Waals surface area (Å²) in [5, 5.41) is 8.93. The molecule has 0 aromatic heterocycles. The number of carboxylic acid groups (broad SMARTS) is 1. The van der Waals surface area contributed by atoms with E-state index in [9.17, 15) is 9.59 Å². The fraction of sp³-hybridized carbons (Fsp3) is 0.800. The number of ketones is 1. The number of carbonyl (C=O) groups excluding carboxylic acids is 1. The molecule has 0 aliphatic heterocycles. The Kier molecular flexibility index (Phi) is 1.24. The van der Waals surface area contributed by atoms with E-state index in [1.54, 1.807) is 0 Å². The van der Waals surface area contributed by atoms with E-state index in [0.717, 1.165) is 19.3 Å². The number of rotatable bonds is 1. The van der Waals surface area contributed by atoms with Crippen LogP contribution >= 0.6 is 0 Å². The smallest absolute Gasteiger partial charge is 0.307 e. The van der Waals surface area contributed by atoms with E-state index < -0.39 is 5.97 Å². The fourth-order valence-electron chi connectivity index (χ4n) is 3.89. The molecule has 3 saturated carbocycles. The molecule has 1 N–H and O–H groups in total. The average molecular weight is 180 g/mol. The number of Topliss-reactive ketones (excluding diaryl/α,β-unsaturated/α-hetero) is 1. The molecule has 13 heavy (non-hydrogen) atoms. The minimum Gasteiger partial charge on any atom is -0.481 e. The van der Waals surface area contributed by atoms with E-state index in [-0.39, 0.29) is 23.5 Å². The number of carboxylic acids is 1. The molecular formula is C10H12O3. The summed E-state index contributed by atoms with van der Waals surface area (Å²) in [4.78, 5) is 22.5. The maximum Gasteiger partial charge on any atom is 0.307 e. The number of hydrogen-bond donors (Lipinski definition) is 1. The predicted molar refractivity (Wildman–Crippen MR) is 43.9 cm³/mol. The Morgan fingerprint density at radius 1 is 1.31 bits per heavy atom. The summed E-state index contributed by atoms with van der Waals surface area (Å²) >= 11 is 0. The Bertz CT molecular complexity index is 297. The molecule has 5 atom stereocenters. The Morgan fingerprint density at radius 3 is 2.62 bits per heavy atom. The number of aliphatic carboxylic acids is 1. The lowest BCUT2D eigenvalue weighted by molar-refractivity contribution is -0.148. The zero-order valence-electron chi connectivity index (χ0n) is 7.27. The quantitative estimate of drug-likeness (QED) is 0.653. The molecule has 3 fully saturated rings. The van der Waals surface area contributed by atoms with Gasteiger partial charge in [0.05, 0.1) is 5.92 Å². The molecule has 0 amide bonds. The van der Waals surface area contributed by atoms with E-state index in [1.165, 1.54) is 0 Å². The number of hydrogen-bond acceptors (Lipinski definition) is 2. The highest BCUT2D eigenvalue weighted by Gasteiger charge is 2.63. The van der Waals surface area contributed by atoms with Crippen molar-refractivity contribution in [1.82, 2.24) is 0 Å². The SMILES string of the molecule is O=C1[C@@H]2[C@@H]3CC[C@@H]1[C@H]3C[C@H]2C(=O)O. The van der Waals surface area contributed by atoms with Crippen LogP contribution in [-0.4, -0.2) is 16.9 Å². The molecule has 0 saturated heterocycles. The molecule has 3 nitrogen and oxygen atoms in total. The van der Waals surface area contributed by atoms with Crippen molar-refractivity contribution in [2.75, 3.05) is 0 Å². The zero-order chi connectivity index (χ0) is 9.16. The molecule has 0 aromatic rings. The van der Waals surface area contributed by atoms with Crippen LogP contribution < -0.4 is 0 Å². The van der Waals surface area contributed by atoms with Crippen molar-refractivity contribution in [3.05, 3.63) is 0 Å². The summed E-state index contributed by atoms with van der Waals surface area (Å²) in [5.41, 5.74) is 0. The Morgan fingerprint density at radius 2 is 2.08 bits per heavy atom. The first-order chi connectivity index (χ1) is 6.20. The minimum atomic E-state index is -0.758. The van der Waals surface area contributed by atoms with Gasteiger partial charge in [-0.15, -0.1) is 0 Å². The largest absolute Gasteiger partial charge is 0.481 e. The van der Waals surface area contributed by atoms with E-state index in [2.05, 4.69) is 0 Å². The molecule has 3 heteroatoms. The molecule has 3 rings (SSSR count). The van der Waals surface area contributed by atoms with Crippen LogP contribution in [-0.2, 0) is 9.59 Å². The molecule has 0 spiro atoms. The first kappa shape index (κ1) is 7.54. The van der Waals surface area contributed by atoms with Crippen LogP contribution in [0.3, 0.4) is 0 Å². The summed E-state index contributed by atoms with van der Waals surface area (Å²) in [7, 11) is 0. The summed E-state index contributed by atoms with van der Waals surface area (Å²) < 4.78 is 0. The molecule has 0 heterocycles. The Hall–Kier alpha value is -0.860. The summed E-state index contributed by atoms with van der Waals surface area (Å²) in [6, 6.07) is 0. The lowest BCUT2D eigenvalue weighted by Crippen LogP contribution is -2.34. The predicted octanol–water partition coefficient (Wildman–Crippen LogP) is 0.932. The van der Waals surface area contributed by atoms with Crippen LogP contribution in [0.2, 0.25) is 0 Å². The van der Waals surface area contributed by atoms with Gasteiger partial charge in [0, 0.05) is 11.8 Å². The van der Waals surface area contributed by atoms with Crippen LogP contribution in [0.25, 0.3) is 0 Å². The van der Waals surface area contributed by atoms with E-state index in [1.807, 2.05) is 0 Å². The van der Waals surface area contributed by atoms with Gasteiger partial charge in [0.2, 0.25) is 0 Å². The first-order valence-electron chi connectivity index (χ1n) is 4.96. The monoisotopic (exact) mass is 180 g/mol. The molecule has 0 unspecified atom stereocenters. The van der Waals surface area contributed by atoms with Gasteiger partial charge in [-0.1, -0.05) is 0 Å². The average Bonchev–Trinajstić information content (AvgIpc) is 2.64. The summed E-state index contributed by atoms with van der Waals surface area (Å²) in [6.07, 6.45) is 2.88. The second-order valence-corrected chi connectivity index (χ2v) is 4.62. The highest BCUT2D eigenvalue weighted by molar-refractivity contribution is 5.93. The third-order valence-corrected chi connectivity index (χ3v) is 4.31. The highest BCUT2D eigenvalue weighted by atomic mass is 16.4. The Balaban J connectivity index is 1.97. The van der Waals surface area contributed by atoms with Gasteiger partial charge in [-0.25, -0.2) is 0 Å². The van der Waals surface area contributed by atoms with Gasteiger partial charge in [-0.3, -0.25) is 9.59 Å². The van der Waals surface area contributed by atoms with Gasteiger partial charge in [0.15, 0.2) is 0 Å². The van der Waals surface area contributed by atoms with Crippen LogP contribution in [0.15, 0.2) is 0 Å². The second-order valence-electron chi connectivity index (χ2n) is 4.62. The van der Waals surface area contributed by atoms with Crippen LogP contribution in [0.1, 0.15) is 19.3 Å². The van der Waals surface area contributed by atoms with Gasteiger partial charge in [0.25, 0.3) is 0 Å². The molecule has 3 aliphatic rings. The van der Waals surface area contributed by atoms with Gasteiger partial charge in [-0.05, 0) is 31.1 Å². The fourth-order valence-corrected chi connectivity index (χ4v) is 3.89. The van der Waals surface area contributed by atoms with Gasteiger partial charge >= 0.3 is 5.97 Å². The van der Waals surface area contributed by atoms with Crippen LogP contribution in [0, 0.1) is 29.6 Å². The summed E-state index contributed by atoms with van der Waals surface area (Å²) in [5.74, 6) is 0.147. The third-order valence-electron chi connectivity index (χ3n) is 4.31. The Labute approximate surface area is 76.1 Å². The van der Waals surface area contributed by atoms with E-state index in [4.69, 9.17) is 5.11 Å². The van der Waals surface area contributed by atoms with Gasteiger partial charge in [-0.2, -0.15) is 0 Å². The van der Waals surface area contributed by atoms with Crippen molar-refractivity contribution < 1.29 is 14.7 Å². The molecule has 0 radical (unpaired) electrons. The van der Waals surface area contributed by atoms with Crippen LogP contribution in [0.5, 0.6) is 0 Å². The normalized spacial score (nSPS) is 51.7. The lowest BCUT2D eigenvalue weighted by Gasteiger charge is -2.24. The topological polar surface area (TPSA) is 54.4 Å². The van der Waals surface area contributed by atoms with Crippen molar-refractivity contribution >= 4 is 11.8 Å². The van der Waals surface area contributed by atoms with Crippen molar-refractivity contribution in [3.63, 3.8) is 0 Å². The third kappa shape index (κ3) is 0.713. The molecule has 70 valence electrons. The van der Waals surface area contributed by atoms with Crippen LogP contribution in [0.4, 0.5) is 0 Å². The van der Waals surface area contributed by atoms with Crippen molar-refractivity contribution in [2.24, 2.45) is 29.6 Å². The highest BCUT2D eigenvalue weighted by Crippen LogP contribution is 2.61. The zero-order valence-corrected chi connectivity index (χ0v) is 7.27. The summed E-state index contributed by atoms with van der Waals surface area (Å²) in [6.45, 7) is 0. The van der Waals surface area contributed by atoms with Gasteiger partial charge in [0.1, 0.15) is 5.78 Å². The van der Waals surface area contributed by atoms with E-state index in [0.29, 0.717) is 11.8 Å². The standard InChI is InChI=1S/C10H12O3/c11-9-5-2-1-4-6(5)3-7(8(4)9)10(12)13/h4-8H,1-3H2,(H,12,13)/t4-,5-,6+,7-,8-/m1/s1. The van der Waals surface area contributed by atoms with Gasteiger partial charge < -0.3 is 5.11 Å². The van der Waals surface area contributed by atoms with Crippen molar-refractivity contribution in [3.8, 4) is 0 Å². The molecular weight excluding hydrogens is 168 g/mol. The first-order valence-corrected chi connectivity index (χ1v) is 4.96. The van der Waals surface area contributed by atoms with Crippen molar-refractivity contribution in [2.45, 2.75) is 19.3 Å². The second kappa shape index (κ2) is 2.14. The maximum atomic E-state index is 11.7.